The van der Waals surface area contributed by atoms with Crippen molar-refractivity contribution in [3.63, 3.8) is 0 Å². The van der Waals surface area contributed by atoms with Crippen LogP contribution in [0, 0.1) is 17.5 Å². The van der Waals surface area contributed by atoms with Gasteiger partial charge in [-0.05, 0) is 29.8 Å². The lowest BCUT2D eigenvalue weighted by molar-refractivity contribution is 0.391. The van der Waals surface area contributed by atoms with Gasteiger partial charge in [-0.15, -0.1) is 0 Å². The van der Waals surface area contributed by atoms with Crippen LogP contribution in [0.25, 0.3) is 0 Å². The molecule has 3 aromatic rings. The molecule has 0 aliphatic rings. The van der Waals surface area contributed by atoms with Crippen molar-refractivity contribution in [1.29, 1.82) is 0 Å². The van der Waals surface area contributed by atoms with Crippen LogP contribution in [-0.2, 0) is 13.1 Å². The third-order valence-corrected chi connectivity index (χ3v) is 4.08. The van der Waals surface area contributed by atoms with Gasteiger partial charge in [0.1, 0.15) is 17.7 Å². The van der Waals surface area contributed by atoms with Crippen molar-refractivity contribution in [3.05, 3.63) is 75.5 Å². The van der Waals surface area contributed by atoms with Gasteiger partial charge in [-0.2, -0.15) is 10.1 Å². The molecule has 0 atom stereocenters. The molecule has 29 heavy (non-hydrogen) atoms. The number of anilines is 1. The standard InChI is InChI=1S/C19H17F3N4O3/c1-28-13-4-3-12(16(7-13)29-2)8-23-19-25-17(27)9-24-26(19)10-11-5-14(20)18(22)15(21)6-11/h3-7,9H,8,10H2,1-2H3,(H,23,25,27). The number of methoxy groups -OCH3 is 2. The number of benzene rings is 2. The van der Waals surface area contributed by atoms with Gasteiger partial charge >= 0.3 is 0 Å². The maximum atomic E-state index is 13.5. The summed E-state index contributed by atoms with van der Waals surface area (Å²) in [6.07, 6.45) is 0.968. The van der Waals surface area contributed by atoms with Crippen LogP contribution in [0.4, 0.5) is 19.1 Å². The summed E-state index contributed by atoms with van der Waals surface area (Å²) < 4.78 is 51.8. The van der Waals surface area contributed by atoms with Gasteiger partial charge in [0.15, 0.2) is 17.5 Å². The lowest BCUT2D eigenvalue weighted by Crippen LogP contribution is -2.21. The highest BCUT2D eigenvalue weighted by Gasteiger charge is 2.13. The second kappa shape index (κ2) is 8.63. The normalized spacial score (nSPS) is 10.7. The molecule has 3 rings (SSSR count). The van der Waals surface area contributed by atoms with Crippen molar-refractivity contribution < 1.29 is 22.6 Å². The number of rotatable bonds is 7. The van der Waals surface area contributed by atoms with Crippen molar-refractivity contribution in [2.45, 2.75) is 13.1 Å². The molecular weight excluding hydrogens is 389 g/mol. The lowest BCUT2D eigenvalue weighted by Gasteiger charge is -2.14. The molecule has 0 aliphatic heterocycles. The molecule has 10 heteroatoms. The molecule has 0 unspecified atom stereocenters. The molecule has 0 aliphatic carbocycles. The summed E-state index contributed by atoms with van der Waals surface area (Å²) in [5.74, 6) is -2.94. The van der Waals surface area contributed by atoms with Crippen LogP contribution in [0.2, 0.25) is 0 Å². The molecule has 1 N–H and O–H groups in total. The van der Waals surface area contributed by atoms with Crippen LogP contribution < -0.4 is 20.3 Å². The molecule has 1 aromatic heterocycles. The molecule has 0 saturated carbocycles. The van der Waals surface area contributed by atoms with E-state index in [9.17, 15) is 18.0 Å². The van der Waals surface area contributed by atoms with E-state index in [2.05, 4.69) is 15.4 Å². The lowest BCUT2D eigenvalue weighted by atomic mass is 10.2. The van der Waals surface area contributed by atoms with Crippen molar-refractivity contribution in [3.8, 4) is 11.5 Å². The summed E-state index contributed by atoms with van der Waals surface area (Å²) in [5.41, 5.74) is 0.267. The van der Waals surface area contributed by atoms with Crippen molar-refractivity contribution >= 4 is 5.95 Å². The van der Waals surface area contributed by atoms with Gasteiger partial charge in [-0.1, -0.05) is 0 Å². The number of hydrogen-bond acceptors (Lipinski definition) is 6. The largest absolute Gasteiger partial charge is 0.497 e. The quantitative estimate of drug-likeness (QED) is 0.608. The van der Waals surface area contributed by atoms with Crippen molar-refractivity contribution in [1.82, 2.24) is 14.8 Å². The number of aromatic nitrogens is 3. The van der Waals surface area contributed by atoms with Crippen LogP contribution in [0.5, 0.6) is 11.5 Å². The fourth-order valence-corrected chi connectivity index (χ4v) is 2.66. The number of nitrogens with one attached hydrogen (secondary N) is 1. The highest BCUT2D eigenvalue weighted by Crippen LogP contribution is 2.25. The first-order valence-electron chi connectivity index (χ1n) is 8.43. The molecular formula is C19H17F3N4O3. The average Bonchev–Trinajstić information content (AvgIpc) is 2.71. The summed E-state index contributed by atoms with van der Waals surface area (Å²) in [7, 11) is 3.04. The van der Waals surface area contributed by atoms with E-state index in [0.29, 0.717) is 11.5 Å². The summed E-state index contributed by atoms with van der Waals surface area (Å²) in [5, 5.41) is 6.88. The topological polar surface area (TPSA) is 78.3 Å². The average molecular weight is 406 g/mol. The van der Waals surface area contributed by atoms with Gasteiger partial charge in [0.05, 0.1) is 20.8 Å². The predicted octanol–water partition coefficient (Wildman–Crippen LogP) is 2.73. The first kappa shape index (κ1) is 20.2. The second-order valence-corrected chi connectivity index (χ2v) is 5.98. The van der Waals surface area contributed by atoms with E-state index >= 15 is 0 Å². The molecule has 0 amide bonds. The molecule has 0 spiro atoms. The van der Waals surface area contributed by atoms with Crippen molar-refractivity contribution in [2.24, 2.45) is 0 Å². The van der Waals surface area contributed by atoms with E-state index in [1.807, 2.05) is 0 Å². The molecule has 7 nitrogen and oxygen atoms in total. The molecule has 1 heterocycles. The third-order valence-electron chi connectivity index (χ3n) is 4.08. The minimum Gasteiger partial charge on any atom is -0.497 e. The Balaban J connectivity index is 1.85. The second-order valence-electron chi connectivity index (χ2n) is 5.98. The van der Waals surface area contributed by atoms with Crippen LogP contribution in [-0.4, -0.2) is 29.0 Å². The van der Waals surface area contributed by atoms with Crippen molar-refractivity contribution in [2.75, 3.05) is 19.5 Å². The van der Waals surface area contributed by atoms with Gasteiger partial charge in [0, 0.05) is 18.2 Å². The molecule has 2 aromatic carbocycles. The minimum atomic E-state index is -1.55. The molecule has 0 radical (unpaired) electrons. The van der Waals surface area contributed by atoms with Gasteiger partial charge in [0.2, 0.25) is 5.95 Å². The monoisotopic (exact) mass is 406 g/mol. The first-order chi connectivity index (χ1) is 13.9. The van der Waals surface area contributed by atoms with Crippen LogP contribution in [0.3, 0.4) is 0 Å². The van der Waals surface area contributed by atoms with Crippen LogP contribution in [0.1, 0.15) is 11.1 Å². The molecule has 0 fully saturated rings. The number of nitrogens with zero attached hydrogens (tertiary/aromatic N) is 3. The van der Waals surface area contributed by atoms with E-state index in [1.165, 1.54) is 18.9 Å². The fourth-order valence-electron chi connectivity index (χ4n) is 2.66. The summed E-state index contributed by atoms with van der Waals surface area (Å²) in [4.78, 5) is 15.5. The SMILES string of the molecule is COc1ccc(CNc2nc(=O)cnn2Cc2cc(F)c(F)c(F)c2)c(OC)c1. The maximum Gasteiger partial charge on any atom is 0.293 e. The Morgan fingerprint density at radius 3 is 2.45 bits per heavy atom. The highest BCUT2D eigenvalue weighted by atomic mass is 19.2. The summed E-state index contributed by atoms with van der Waals surface area (Å²) in [6, 6.07) is 6.93. The Kier molecular flexibility index (Phi) is 6.01. The van der Waals surface area contributed by atoms with Crippen LogP contribution in [0.15, 0.2) is 41.3 Å². The Bertz CT molecular complexity index is 1070. The Labute approximate surface area is 163 Å². The fraction of sp³-hybridized carbons (Fsp3) is 0.211. The zero-order valence-corrected chi connectivity index (χ0v) is 15.6. The van der Waals surface area contributed by atoms with E-state index in [-0.39, 0.29) is 24.6 Å². The molecule has 152 valence electrons. The van der Waals surface area contributed by atoms with Gasteiger partial charge in [0.25, 0.3) is 5.56 Å². The number of ether oxygens (including phenoxy) is 2. The minimum absolute atomic E-state index is 0.0699. The Morgan fingerprint density at radius 1 is 1.07 bits per heavy atom. The summed E-state index contributed by atoms with van der Waals surface area (Å²) >= 11 is 0. The van der Waals surface area contributed by atoms with Gasteiger partial charge in [-0.25, -0.2) is 17.9 Å². The Morgan fingerprint density at radius 2 is 1.79 bits per heavy atom. The molecule has 0 bridgehead atoms. The van der Waals surface area contributed by atoms with E-state index in [4.69, 9.17) is 9.47 Å². The van der Waals surface area contributed by atoms with Gasteiger partial charge < -0.3 is 14.8 Å². The highest BCUT2D eigenvalue weighted by molar-refractivity contribution is 5.42. The summed E-state index contributed by atoms with van der Waals surface area (Å²) in [6.45, 7) is 0.0842. The maximum absolute atomic E-state index is 13.5. The molecule has 0 saturated heterocycles. The Hall–Kier alpha value is -3.56. The van der Waals surface area contributed by atoms with Crippen LogP contribution >= 0.6 is 0 Å². The van der Waals surface area contributed by atoms with E-state index < -0.39 is 23.0 Å². The number of hydrogen-bond donors (Lipinski definition) is 1. The van der Waals surface area contributed by atoms with E-state index in [0.717, 1.165) is 23.9 Å². The predicted molar refractivity (Wildman–Crippen MR) is 98.6 cm³/mol. The first-order valence-corrected chi connectivity index (χ1v) is 8.43. The smallest absolute Gasteiger partial charge is 0.293 e. The number of halogens is 3. The van der Waals surface area contributed by atoms with E-state index in [1.54, 1.807) is 18.2 Å². The zero-order chi connectivity index (χ0) is 21.0. The zero-order valence-electron chi connectivity index (χ0n) is 15.6. The third kappa shape index (κ3) is 4.65. The van der Waals surface area contributed by atoms with Gasteiger partial charge in [-0.3, -0.25) is 4.79 Å².